The molecule has 3 aliphatic rings. The molecule has 0 radical (unpaired) electrons. The first-order chi connectivity index (χ1) is 13.0. The number of ether oxygens (including phenoxy) is 1. The van der Waals surface area contributed by atoms with E-state index in [2.05, 4.69) is 19.0 Å². The topological polar surface area (TPSA) is 75.9 Å². The molecule has 7 heteroatoms. The minimum Gasteiger partial charge on any atom is -0.364 e. The highest BCUT2D eigenvalue weighted by molar-refractivity contribution is 5.93. The van der Waals surface area contributed by atoms with Gasteiger partial charge in [-0.05, 0) is 5.92 Å². The zero-order valence-corrected chi connectivity index (χ0v) is 16.1. The van der Waals surface area contributed by atoms with Gasteiger partial charge in [-0.15, -0.1) is 0 Å². The van der Waals surface area contributed by atoms with E-state index in [1.165, 1.54) is 6.26 Å². The number of fused-ring (bicyclic) bond motifs is 1. The molecule has 7 nitrogen and oxygen atoms in total. The molecule has 2 fully saturated rings. The summed E-state index contributed by atoms with van der Waals surface area (Å²) in [6, 6.07) is 1.74. The van der Waals surface area contributed by atoms with Gasteiger partial charge in [-0.1, -0.05) is 44.0 Å². The van der Waals surface area contributed by atoms with Crippen molar-refractivity contribution < 1.29 is 18.8 Å². The van der Waals surface area contributed by atoms with Crippen LogP contribution < -0.4 is 0 Å². The van der Waals surface area contributed by atoms with Crippen molar-refractivity contribution in [2.45, 2.75) is 44.9 Å². The Morgan fingerprint density at radius 1 is 1.44 bits per heavy atom. The van der Waals surface area contributed by atoms with E-state index in [0.29, 0.717) is 24.7 Å². The van der Waals surface area contributed by atoms with Crippen LogP contribution in [0.25, 0.3) is 0 Å². The maximum atomic E-state index is 13.2. The average molecular weight is 373 g/mol. The molecule has 2 saturated heterocycles. The Bertz CT molecular complexity index is 742. The second kappa shape index (κ2) is 6.78. The average Bonchev–Trinajstić information content (AvgIpc) is 3.42. The Morgan fingerprint density at radius 3 is 2.89 bits per heavy atom. The summed E-state index contributed by atoms with van der Waals surface area (Å²) in [4.78, 5) is 29.9. The summed E-state index contributed by atoms with van der Waals surface area (Å²) in [6.45, 7) is 5.95. The number of hydrogen-bond donors (Lipinski definition) is 0. The molecule has 0 aliphatic carbocycles. The minimum atomic E-state index is -0.636. The normalized spacial score (nSPS) is 31.2. The lowest BCUT2D eigenvalue weighted by Gasteiger charge is -2.27. The van der Waals surface area contributed by atoms with Crippen LogP contribution in [0.15, 0.2) is 29.0 Å². The first-order valence-electron chi connectivity index (χ1n) is 9.79. The second-order valence-electron chi connectivity index (χ2n) is 7.99. The van der Waals surface area contributed by atoms with Crippen molar-refractivity contribution in [1.82, 2.24) is 15.0 Å². The molecule has 4 rings (SSSR count). The van der Waals surface area contributed by atoms with E-state index in [1.807, 2.05) is 17.1 Å². The minimum absolute atomic E-state index is 0.0573. The van der Waals surface area contributed by atoms with E-state index in [4.69, 9.17) is 9.26 Å². The van der Waals surface area contributed by atoms with Gasteiger partial charge in [0.1, 0.15) is 17.6 Å². The summed E-state index contributed by atoms with van der Waals surface area (Å²) in [5.41, 5.74) is 0.0522. The molecular formula is C20H27N3O4. The van der Waals surface area contributed by atoms with Crippen LogP contribution in [0.3, 0.4) is 0 Å². The van der Waals surface area contributed by atoms with Gasteiger partial charge in [0, 0.05) is 19.7 Å². The lowest BCUT2D eigenvalue weighted by atomic mass is 9.76. The van der Waals surface area contributed by atoms with Crippen LogP contribution in [0.5, 0.6) is 0 Å². The zero-order valence-electron chi connectivity index (χ0n) is 16.1. The molecule has 1 aromatic rings. The highest BCUT2D eigenvalue weighted by atomic mass is 16.5. The Hall–Kier alpha value is -2.15. The van der Waals surface area contributed by atoms with Gasteiger partial charge >= 0.3 is 0 Å². The van der Waals surface area contributed by atoms with Gasteiger partial charge < -0.3 is 19.1 Å². The molecule has 0 N–H and O–H groups in total. The first-order valence-corrected chi connectivity index (χ1v) is 9.79. The van der Waals surface area contributed by atoms with Crippen molar-refractivity contribution in [2.75, 3.05) is 20.1 Å². The number of aromatic nitrogens is 1. The molecule has 0 unspecified atom stereocenters. The Kier molecular flexibility index (Phi) is 4.58. The Morgan fingerprint density at radius 2 is 2.22 bits per heavy atom. The van der Waals surface area contributed by atoms with Crippen LogP contribution >= 0.6 is 0 Å². The van der Waals surface area contributed by atoms with Crippen molar-refractivity contribution in [2.24, 2.45) is 17.8 Å². The van der Waals surface area contributed by atoms with Gasteiger partial charge in [0.15, 0.2) is 0 Å². The quantitative estimate of drug-likeness (QED) is 0.682. The highest BCUT2D eigenvalue weighted by Gasteiger charge is 2.67. The summed E-state index contributed by atoms with van der Waals surface area (Å²) in [6.07, 6.45) is 7.22. The van der Waals surface area contributed by atoms with Crippen molar-refractivity contribution in [3.63, 3.8) is 0 Å². The second-order valence-corrected chi connectivity index (χ2v) is 7.99. The predicted octanol–water partition coefficient (Wildman–Crippen LogP) is 1.85. The molecule has 4 atom stereocenters. The molecule has 3 aliphatic heterocycles. The Balaban J connectivity index is 1.53. The summed E-state index contributed by atoms with van der Waals surface area (Å²) in [5.74, 6) is -0.423. The van der Waals surface area contributed by atoms with Crippen LogP contribution in [0.2, 0.25) is 0 Å². The van der Waals surface area contributed by atoms with Crippen LogP contribution in [-0.4, -0.2) is 58.6 Å². The van der Waals surface area contributed by atoms with Crippen molar-refractivity contribution >= 4 is 11.8 Å². The number of likely N-dealkylation sites (tertiary alicyclic amines) is 1. The predicted molar refractivity (Wildman–Crippen MR) is 97.4 cm³/mol. The lowest BCUT2D eigenvalue weighted by Crippen LogP contribution is -2.44. The maximum Gasteiger partial charge on any atom is 0.230 e. The molecule has 0 aromatic carbocycles. The van der Waals surface area contributed by atoms with Gasteiger partial charge in [-0.25, -0.2) is 0 Å². The summed E-state index contributed by atoms with van der Waals surface area (Å²) < 4.78 is 11.0. The first kappa shape index (κ1) is 18.2. The fourth-order valence-corrected chi connectivity index (χ4v) is 4.77. The Labute approximate surface area is 159 Å². The van der Waals surface area contributed by atoms with Gasteiger partial charge in [-0.2, -0.15) is 0 Å². The number of carbonyl (C=O) groups excluding carboxylic acids is 2. The number of nitrogens with zero attached hydrogens (tertiary/aromatic N) is 3. The van der Waals surface area contributed by atoms with Crippen LogP contribution in [0, 0.1) is 17.8 Å². The van der Waals surface area contributed by atoms with Crippen LogP contribution in [0.4, 0.5) is 0 Å². The van der Waals surface area contributed by atoms with E-state index >= 15 is 0 Å². The van der Waals surface area contributed by atoms with E-state index in [0.717, 1.165) is 19.4 Å². The largest absolute Gasteiger partial charge is 0.364 e. The third-order valence-corrected chi connectivity index (χ3v) is 6.36. The molecule has 4 heterocycles. The molecule has 1 aromatic heterocycles. The van der Waals surface area contributed by atoms with E-state index in [1.54, 1.807) is 18.0 Å². The van der Waals surface area contributed by atoms with Crippen molar-refractivity contribution in [3.05, 3.63) is 30.2 Å². The highest BCUT2D eigenvalue weighted by Crippen LogP contribution is 2.52. The van der Waals surface area contributed by atoms with Crippen LogP contribution in [0.1, 0.15) is 32.4 Å². The van der Waals surface area contributed by atoms with Gasteiger partial charge in [-0.3, -0.25) is 9.59 Å². The van der Waals surface area contributed by atoms with Crippen LogP contribution in [-0.2, 0) is 20.9 Å². The number of carbonyl (C=O) groups is 2. The van der Waals surface area contributed by atoms with E-state index < -0.39 is 17.4 Å². The lowest BCUT2D eigenvalue weighted by molar-refractivity contribution is -0.143. The standard InChI is InChI=1S/C20H27N3O4/c1-4-13(5-2)10-23-12-20-8-6-15(27-20)16(17(20)19(23)25)18(24)22(3)11-14-7-9-26-21-14/h6-9,13,15-17H,4-5,10-12H2,1-3H3/t15-,16-,17-,20-/m0/s1. The van der Waals surface area contributed by atoms with Crippen molar-refractivity contribution in [3.8, 4) is 0 Å². The molecule has 2 bridgehead atoms. The maximum absolute atomic E-state index is 13.2. The number of hydrogen-bond acceptors (Lipinski definition) is 5. The summed E-state index contributed by atoms with van der Waals surface area (Å²) in [5, 5.41) is 3.87. The molecular weight excluding hydrogens is 346 g/mol. The smallest absolute Gasteiger partial charge is 0.230 e. The number of rotatable bonds is 7. The molecule has 27 heavy (non-hydrogen) atoms. The van der Waals surface area contributed by atoms with Crippen molar-refractivity contribution in [1.29, 1.82) is 0 Å². The third kappa shape index (κ3) is 2.88. The monoisotopic (exact) mass is 373 g/mol. The van der Waals surface area contributed by atoms with Gasteiger partial charge in [0.05, 0.1) is 31.0 Å². The SMILES string of the molecule is CCC(CC)CN1C[C@]23C=C[C@H](O2)[C@H](C(=O)N(C)Cc2ccon2)[C@H]3C1=O. The molecule has 1 spiro atoms. The molecule has 146 valence electrons. The summed E-state index contributed by atoms with van der Waals surface area (Å²) >= 11 is 0. The van der Waals surface area contributed by atoms with Gasteiger partial charge in [0.2, 0.25) is 11.8 Å². The summed E-state index contributed by atoms with van der Waals surface area (Å²) in [7, 11) is 1.74. The van der Waals surface area contributed by atoms with E-state index in [9.17, 15) is 9.59 Å². The fourth-order valence-electron chi connectivity index (χ4n) is 4.77. The zero-order chi connectivity index (χ0) is 19.2. The number of amides is 2. The molecule has 0 saturated carbocycles. The van der Waals surface area contributed by atoms with Gasteiger partial charge in [0.25, 0.3) is 0 Å². The third-order valence-electron chi connectivity index (χ3n) is 6.36. The fraction of sp³-hybridized carbons (Fsp3) is 0.650. The van der Waals surface area contributed by atoms with E-state index in [-0.39, 0.29) is 17.9 Å². The molecule has 2 amide bonds.